The van der Waals surface area contributed by atoms with Crippen LogP contribution in [0.2, 0.25) is 0 Å². The fourth-order valence-corrected chi connectivity index (χ4v) is 0.774. The lowest BCUT2D eigenvalue weighted by Gasteiger charge is -1.92. The molecule has 12 heavy (non-hydrogen) atoms. The topological polar surface area (TPSA) is 72.8 Å². The minimum atomic E-state index is -0.269. The highest BCUT2D eigenvalue weighted by Crippen LogP contribution is 1.99. The van der Waals surface area contributed by atoms with Crippen molar-refractivity contribution in [3.63, 3.8) is 0 Å². The fourth-order valence-electron chi connectivity index (χ4n) is 0.527. The van der Waals surface area contributed by atoms with Gasteiger partial charge in [0, 0.05) is 29.5 Å². The molecule has 0 aromatic carbocycles. The van der Waals surface area contributed by atoms with Crippen molar-refractivity contribution in [2.75, 3.05) is 0 Å². The van der Waals surface area contributed by atoms with E-state index in [0.29, 0.717) is 0 Å². The third-order valence-electron chi connectivity index (χ3n) is 1.08. The molecular formula is C6H4IN3O2. The molecule has 0 fully saturated rings. The van der Waals surface area contributed by atoms with Crippen LogP contribution in [0.15, 0.2) is 6.20 Å². The van der Waals surface area contributed by atoms with Gasteiger partial charge in [0.15, 0.2) is 11.5 Å². The summed E-state index contributed by atoms with van der Waals surface area (Å²) in [7, 11) is 0. The van der Waals surface area contributed by atoms with Crippen LogP contribution in [0.3, 0.4) is 0 Å². The molecule has 1 heterocycles. The Labute approximate surface area is 81.7 Å². The van der Waals surface area contributed by atoms with E-state index in [1.54, 1.807) is 22.6 Å². The second kappa shape index (κ2) is 3.65. The van der Waals surface area contributed by atoms with E-state index >= 15 is 0 Å². The Morgan fingerprint density at radius 2 is 2.08 bits per heavy atom. The van der Waals surface area contributed by atoms with Crippen LogP contribution >= 0.6 is 22.6 Å². The number of nitrogens with zero attached hydrogens (tertiary/aromatic N) is 3. The van der Waals surface area contributed by atoms with Gasteiger partial charge in [0.1, 0.15) is 0 Å². The highest BCUT2D eigenvalue weighted by atomic mass is 127. The molecule has 5 nitrogen and oxygen atoms in total. The van der Waals surface area contributed by atoms with Crippen molar-refractivity contribution in [3.8, 4) is 0 Å². The van der Waals surface area contributed by atoms with E-state index in [2.05, 4.69) is 15.2 Å². The first-order valence-electron chi connectivity index (χ1n) is 3.01. The molecule has 0 saturated carbocycles. The summed E-state index contributed by atoms with van der Waals surface area (Å²) in [6, 6.07) is 0. The SMILES string of the molecule is CC(=O)c1ncc(C(=O)I)nn1. The van der Waals surface area contributed by atoms with Crippen molar-refractivity contribution in [1.82, 2.24) is 15.2 Å². The van der Waals surface area contributed by atoms with E-state index in [1.807, 2.05) is 0 Å². The minimum Gasteiger partial charge on any atom is -0.291 e. The number of halogens is 1. The van der Waals surface area contributed by atoms with Gasteiger partial charge in [-0.2, -0.15) is 0 Å². The third-order valence-corrected chi connectivity index (χ3v) is 1.63. The van der Waals surface area contributed by atoms with Crippen LogP contribution in [0.25, 0.3) is 0 Å². The van der Waals surface area contributed by atoms with Gasteiger partial charge in [-0.25, -0.2) is 4.98 Å². The maximum absolute atomic E-state index is 10.7. The van der Waals surface area contributed by atoms with Gasteiger partial charge in [0.2, 0.25) is 9.61 Å². The van der Waals surface area contributed by atoms with Gasteiger partial charge in [-0.15, -0.1) is 10.2 Å². The maximum Gasteiger partial charge on any atom is 0.244 e. The predicted octanol–water partition coefficient (Wildman–Crippen LogP) is 0.649. The average Bonchev–Trinajstić information content (AvgIpc) is 2.04. The van der Waals surface area contributed by atoms with E-state index < -0.39 is 0 Å². The molecule has 1 rings (SSSR count). The molecule has 6 heteroatoms. The van der Waals surface area contributed by atoms with Crippen LogP contribution < -0.4 is 0 Å². The van der Waals surface area contributed by atoms with Crippen molar-refractivity contribution in [1.29, 1.82) is 0 Å². The number of rotatable bonds is 2. The smallest absolute Gasteiger partial charge is 0.244 e. The van der Waals surface area contributed by atoms with Gasteiger partial charge in [0.05, 0.1) is 6.20 Å². The van der Waals surface area contributed by atoms with Crippen LogP contribution in [-0.4, -0.2) is 24.8 Å². The van der Waals surface area contributed by atoms with Crippen molar-refractivity contribution >= 4 is 32.2 Å². The Hall–Kier alpha value is -0.920. The maximum atomic E-state index is 10.7. The molecule has 1 aromatic rings. The van der Waals surface area contributed by atoms with Gasteiger partial charge in [-0.05, 0) is 0 Å². The van der Waals surface area contributed by atoms with Crippen LogP contribution in [-0.2, 0) is 0 Å². The van der Waals surface area contributed by atoms with E-state index in [4.69, 9.17) is 0 Å². The molecule has 0 radical (unpaired) electrons. The third kappa shape index (κ3) is 2.03. The molecule has 0 unspecified atom stereocenters. The van der Waals surface area contributed by atoms with Gasteiger partial charge in [-0.3, -0.25) is 9.59 Å². The second-order valence-electron chi connectivity index (χ2n) is 2.00. The largest absolute Gasteiger partial charge is 0.291 e. The molecule has 0 spiro atoms. The zero-order chi connectivity index (χ0) is 9.14. The van der Waals surface area contributed by atoms with Gasteiger partial charge in [-0.1, -0.05) is 0 Å². The summed E-state index contributed by atoms with van der Waals surface area (Å²) in [5, 5.41) is 6.97. The first kappa shape index (κ1) is 9.17. The molecule has 0 aliphatic heterocycles. The van der Waals surface area contributed by atoms with Gasteiger partial charge < -0.3 is 0 Å². The van der Waals surface area contributed by atoms with Crippen molar-refractivity contribution in [2.24, 2.45) is 0 Å². The lowest BCUT2D eigenvalue weighted by atomic mass is 10.4. The number of carbonyl (C=O) groups is 2. The van der Waals surface area contributed by atoms with Crippen molar-refractivity contribution < 1.29 is 9.59 Å². The predicted molar refractivity (Wildman–Crippen MR) is 48.2 cm³/mol. The zero-order valence-corrected chi connectivity index (χ0v) is 8.27. The molecule has 0 N–H and O–H groups in total. The molecule has 0 saturated heterocycles. The number of hydrogen-bond donors (Lipinski definition) is 0. The molecule has 0 atom stereocenters. The van der Waals surface area contributed by atoms with Crippen molar-refractivity contribution in [3.05, 3.63) is 17.7 Å². The molecule has 0 aliphatic carbocycles. The number of hydrogen-bond acceptors (Lipinski definition) is 5. The standard InChI is InChI=1S/C6H4IN3O2/c1-3(11)6-8-2-4(5(7)12)9-10-6/h2H,1H3. The van der Waals surface area contributed by atoms with Crippen LogP contribution in [0, 0.1) is 0 Å². The van der Waals surface area contributed by atoms with E-state index in [9.17, 15) is 9.59 Å². The quantitative estimate of drug-likeness (QED) is 0.451. The number of carbonyl (C=O) groups excluding carboxylic acids is 2. The Kier molecular flexibility index (Phi) is 2.79. The highest BCUT2D eigenvalue weighted by molar-refractivity contribution is 14.1. The minimum absolute atomic E-state index is 0.0244. The summed E-state index contributed by atoms with van der Waals surface area (Å²) in [5.41, 5.74) is 0.153. The average molecular weight is 277 g/mol. The molecule has 0 bridgehead atoms. The summed E-state index contributed by atoms with van der Waals surface area (Å²) in [6.45, 7) is 1.34. The summed E-state index contributed by atoms with van der Waals surface area (Å²) < 4.78 is -0.247. The number of ketones is 1. The van der Waals surface area contributed by atoms with Crippen molar-refractivity contribution in [2.45, 2.75) is 6.92 Å². The molecular weight excluding hydrogens is 273 g/mol. The van der Waals surface area contributed by atoms with Crippen LogP contribution in [0.5, 0.6) is 0 Å². The summed E-state index contributed by atoms with van der Waals surface area (Å²) in [5.74, 6) is -0.244. The lowest BCUT2D eigenvalue weighted by Crippen LogP contribution is -2.06. The van der Waals surface area contributed by atoms with E-state index in [0.717, 1.165) is 0 Å². The van der Waals surface area contributed by atoms with Gasteiger partial charge in [0.25, 0.3) is 0 Å². The Balaban J connectivity index is 3.01. The molecule has 0 aliphatic rings. The van der Waals surface area contributed by atoms with Crippen LogP contribution in [0.1, 0.15) is 28.0 Å². The highest BCUT2D eigenvalue weighted by Gasteiger charge is 2.07. The molecule has 1 aromatic heterocycles. The Morgan fingerprint density at radius 1 is 1.42 bits per heavy atom. The van der Waals surface area contributed by atoms with Crippen LogP contribution in [0.4, 0.5) is 0 Å². The first-order valence-corrected chi connectivity index (χ1v) is 4.09. The normalized spacial score (nSPS) is 9.50. The monoisotopic (exact) mass is 277 g/mol. The first-order chi connectivity index (χ1) is 5.61. The molecule has 0 amide bonds. The fraction of sp³-hybridized carbons (Fsp3) is 0.167. The Bertz CT molecular complexity index is 289. The summed E-state index contributed by atoms with van der Waals surface area (Å²) in [6.07, 6.45) is 1.23. The van der Waals surface area contributed by atoms with Gasteiger partial charge >= 0.3 is 0 Å². The number of Topliss-reactive ketones (excluding diaryl/α,β-unsaturated/α-hetero) is 1. The number of aromatic nitrogens is 3. The van der Waals surface area contributed by atoms with E-state index in [1.165, 1.54) is 13.1 Å². The summed E-state index contributed by atoms with van der Waals surface area (Å²) >= 11 is 1.57. The summed E-state index contributed by atoms with van der Waals surface area (Å²) in [4.78, 5) is 25.0. The Morgan fingerprint density at radius 3 is 2.42 bits per heavy atom. The molecule has 62 valence electrons. The zero-order valence-electron chi connectivity index (χ0n) is 6.11. The lowest BCUT2D eigenvalue weighted by molar-refractivity contribution is 0.0999. The second-order valence-corrected chi connectivity index (χ2v) is 2.98. The van der Waals surface area contributed by atoms with E-state index in [-0.39, 0.29) is 21.1 Å².